The minimum atomic E-state index is -0.354. The van der Waals surface area contributed by atoms with Gasteiger partial charge in [0.05, 0.1) is 29.8 Å². The van der Waals surface area contributed by atoms with Crippen molar-refractivity contribution in [2.45, 2.75) is 24.9 Å². The van der Waals surface area contributed by atoms with Crippen LogP contribution in [0.15, 0.2) is 63.7 Å². The Labute approximate surface area is 237 Å². The summed E-state index contributed by atoms with van der Waals surface area (Å²) in [5.41, 5.74) is 2.46. The number of fused-ring (bicyclic) bond motifs is 1. The lowest BCUT2D eigenvalue weighted by molar-refractivity contribution is -0.685. The van der Waals surface area contributed by atoms with Gasteiger partial charge in [0.15, 0.2) is 12.7 Å². The third-order valence-electron chi connectivity index (χ3n) is 5.94. The van der Waals surface area contributed by atoms with Crippen LogP contribution in [0.5, 0.6) is 0 Å². The first kappa shape index (κ1) is 27.5. The Morgan fingerprint density at radius 2 is 2.00 bits per heavy atom. The van der Waals surface area contributed by atoms with Gasteiger partial charge in [0.1, 0.15) is 14.2 Å². The molecule has 11 heteroatoms. The molecule has 0 fully saturated rings. The van der Waals surface area contributed by atoms with Crippen molar-refractivity contribution < 1.29 is 26.5 Å². The van der Waals surface area contributed by atoms with E-state index in [4.69, 9.17) is 16.3 Å². The molecule has 0 N–H and O–H groups in total. The molecule has 2 aromatic carbocycles. The summed E-state index contributed by atoms with van der Waals surface area (Å²) >= 11 is 10.9. The number of thiazole rings is 2. The molecule has 0 radical (unpaired) electrons. The Morgan fingerprint density at radius 1 is 1.22 bits per heavy atom. The number of nitrogens with zero attached hydrogens (tertiary/aromatic N) is 3. The van der Waals surface area contributed by atoms with Crippen LogP contribution in [0.1, 0.15) is 27.9 Å². The van der Waals surface area contributed by atoms with Crippen LogP contribution in [0.4, 0.5) is 5.69 Å². The Kier molecular flexibility index (Phi) is 8.50. The molecule has 1 aliphatic heterocycles. The second-order valence-electron chi connectivity index (χ2n) is 8.06. The first-order chi connectivity index (χ1) is 17.4. The second kappa shape index (κ2) is 11.4. The van der Waals surface area contributed by atoms with Crippen molar-refractivity contribution in [1.29, 1.82) is 0 Å². The predicted molar refractivity (Wildman–Crippen MR) is 148 cm³/mol. The largest absolute Gasteiger partial charge is 1.00 e. The van der Waals surface area contributed by atoms with E-state index in [9.17, 15) is 9.59 Å². The molecule has 2 aromatic heterocycles. The van der Waals surface area contributed by atoms with Gasteiger partial charge in [0.2, 0.25) is 0 Å². The number of rotatable bonds is 5. The highest BCUT2D eigenvalue weighted by Crippen LogP contribution is 2.46. The van der Waals surface area contributed by atoms with E-state index in [0.29, 0.717) is 28.2 Å². The van der Waals surface area contributed by atoms with Gasteiger partial charge in [-0.3, -0.25) is 9.36 Å². The molecule has 0 spiro atoms. The van der Waals surface area contributed by atoms with Gasteiger partial charge < -0.3 is 22.0 Å². The van der Waals surface area contributed by atoms with E-state index in [-0.39, 0.29) is 23.9 Å². The lowest BCUT2D eigenvalue weighted by atomic mass is 10.1. The maximum absolute atomic E-state index is 13.4. The van der Waals surface area contributed by atoms with E-state index in [2.05, 4.69) is 15.5 Å². The van der Waals surface area contributed by atoms with Crippen LogP contribution >= 0.6 is 46.0 Å². The summed E-state index contributed by atoms with van der Waals surface area (Å²) in [6, 6.07) is 13.2. The van der Waals surface area contributed by atoms with Gasteiger partial charge in [-0.2, -0.15) is 4.57 Å². The molecule has 37 heavy (non-hydrogen) atoms. The molecular weight excluding hydrogens is 569 g/mol. The SMILES string of the molecule is CCn1c(=O)/c(=C2\Sc3cc(Cl)ccc3N2C)s/c1=C\c1scc[n+]1Cc1ccccc1C(=O)OC.[Cl-]. The summed E-state index contributed by atoms with van der Waals surface area (Å²) in [6.07, 6.45) is 4.04. The highest BCUT2D eigenvalue weighted by molar-refractivity contribution is 8.08. The molecule has 0 bridgehead atoms. The number of carbonyl (C=O) groups excluding carboxylic acids is 1. The zero-order chi connectivity index (χ0) is 25.4. The predicted octanol–water partition coefficient (Wildman–Crippen LogP) is 0.908. The van der Waals surface area contributed by atoms with E-state index in [1.165, 1.54) is 18.4 Å². The summed E-state index contributed by atoms with van der Waals surface area (Å²) in [5, 5.41) is 4.58. The third-order valence-corrected chi connectivity index (χ3v) is 9.49. The highest BCUT2D eigenvalue weighted by Gasteiger charge is 2.25. The maximum Gasteiger partial charge on any atom is 0.338 e. The Bertz CT molecular complexity index is 1660. The van der Waals surface area contributed by atoms with Gasteiger partial charge in [-0.15, -0.1) is 11.3 Å². The van der Waals surface area contributed by atoms with Crippen molar-refractivity contribution in [1.82, 2.24) is 4.57 Å². The molecule has 5 rings (SSSR count). The number of halogens is 2. The van der Waals surface area contributed by atoms with Gasteiger partial charge in [-0.25, -0.2) is 4.79 Å². The molecule has 3 heterocycles. The molecule has 6 nitrogen and oxygen atoms in total. The van der Waals surface area contributed by atoms with E-state index in [1.54, 1.807) is 29.2 Å². The number of ether oxygens (including phenoxy) is 1. The molecule has 0 saturated carbocycles. The van der Waals surface area contributed by atoms with Crippen LogP contribution in [0.3, 0.4) is 0 Å². The van der Waals surface area contributed by atoms with Crippen LogP contribution in [-0.2, 0) is 17.8 Å². The molecule has 0 amide bonds. The Morgan fingerprint density at radius 3 is 2.76 bits per heavy atom. The van der Waals surface area contributed by atoms with Crippen molar-refractivity contribution >= 4 is 68.8 Å². The average Bonchev–Trinajstić information content (AvgIpc) is 3.54. The normalized spacial score (nSPS) is 14.5. The van der Waals surface area contributed by atoms with Crippen molar-refractivity contribution in [2.75, 3.05) is 19.1 Å². The fraction of sp³-hybridized carbons (Fsp3) is 0.192. The van der Waals surface area contributed by atoms with Crippen molar-refractivity contribution in [3.8, 4) is 0 Å². The number of carbonyl (C=O) groups is 1. The van der Waals surface area contributed by atoms with Crippen LogP contribution in [0, 0.1) is 0 Å². The number of hydrogen-bond acceptors (Lipinski definition) is 7. The quantitative estimate of drug-likeness (QED) is 0.255. The van der Waals surface area contributed by atoms with E-state index in [0.717, 1.165) is 30.8 Å². The van der Waals surface area contributed by atoms with Gasteiger partial charge >= 0.3 is 5.97 Å². The summed E-state index contributed by atoms with van der Waals surface area (Å²) in [4.78, 5) is 28.8. The van der Waals surface area contributed by atoms with Crippen LogP contribution in [0.25, 0.3) is 11.1 Å². The molecular formula is C26H23Cl2N3O3S3. The van der Waals surface area contributed by atoms with Crippen LogP contribution in [0.2, 0.25) is 5.02 Å². The van der Waals surface area contributed by atoms with Gasteiger partial charge in [0, 0.05) is 29.1 Å². The number of hydrogen-bond donors (Lipinski definition) is 0. The molecule has 0 unspecified atom stereocenters. The Hall–Kier alpha value is -2.56. The van der Waals surface area contributed by atoms with Crippen LogP contribution < -0.4 is 36.6 Å². The zero-order valence-electron chi connectivity index (χ0n) is 20.2. The molecule has 1 aliphatic rings. The standard InChI is InChI=1S/C26H23ClN3O3S3.ClH/c1-4-30-22(36-23(24(30)31)25-28(2)19-10-9-17(27)13-20(19)35-25)14-21-29(11-12-34-21)15-16-7-5-6-8-18(16)26(32)33-3;/h5-14H,4,15H2,1-3H3;1H/q+1;/p-1/b25-23+;. The minimum Gasteiger partial charge on any atom is -1.00 e. The van der Waals surface area contributed by atoms with Crippen molar-refractivity contribution in [2.24, 2.45) is 0 Å². The van der Waals surface area contributed by atoms with E-state index < -0.39 is 0 Å². The first-order valence-electron chi connectivity index (χ1n) is 11.2. The molecule has 4 aromatic rings. The van der Waals surface area contributed by atoms with Crippen LogP contribution in [-0.4, -0.2) is 24.7 Å². The minimum absolute atomic E-state index is 0. The number of anilines is 1. The fourth-order valence-corrected chi connectivity index (χ4v) is 7.71. The summed E-state index contributed by atoms with van der Waals surface area (Å²) in [5.74, 6) is -0.354. The van der Waals surface area contributed by atoms with E-state index in [1.807, 2.05) is 66.5 Å². The average molecular weight is 593 g/mol. The number of thioether (sulfide) groups is 1. The van der Waals surface area contributed by atoms with Gasteiger partial charge in [0.25, 0.3) is 10.6 Å². The smallest absolute Gasteiger partial charge is 0.338 e. The Balaban J connectivity index is 0.00000320. The topological polar surface area (TPSA) is 55.4 Å². The maximum atomic E-state index is 13.4. The summed E-state index contributed by atoms with van der Waals surface area (Å²) < 4.78 is 10.4. The van der Waals surface area contributed by atoms with Gasteiger partial charge in [-0.1, -0.05) is 52.9 Å². The molecule has 0 aliphatic carbocycles. The zero-order valence-corrected chi connectivity index (χ0v) is 24.2. The number of aromatic nitrogens is 2. The third kappa shape index (κ3) is 5.24. The number of esters is 1. The molecule has 0 saturated heterocycles. The van der Waals surface area contributed by atoms with Crippen molar-refractivity contribution in [3.63, 3.8) is 0 Å². The summed E-state index contributed by atoms with van der Waals surface area (Å²) in [7, 11) is 3.37. The van der Waals surface area contributed by atoms with E-state index >= 15 is 0 Å². The monoisotopic (exact) mass is 591 g/mol. The first-order valence-corrected chi connectivity index (χ1v) is 14.1. The van der Waals surface area contributed by atoms with Crippen molar-refractivity contribution in [3.05, 3.63) is 94.7 Å². The summed E-state index contributed by atoms with van der Waals surface area (Å²) in [6.45, 7) is 3.06. The lowest BCUT2D eigenvalue weighted by Crippen LogP contribution is -3.00. The lowest BCUT2D eigenvalue weighted by Gasteiger charge is -2.12. The fourth-order valence-electron chi connectivity index (χ4n) is 4.11. The number of methoxy groups -OCH3 is 1. The molecule has 192 valence electrons. The van der Waals surface area contributed by atoms with Gasteiger partial charge in [-0.05, 0) is 31.2 Å². The molecule has 0 atom stereocenters. The highest BCUT2D eigenvalue weighted by atomic mass is 35.5. The second-order valence-corrected chi connectivity index (χ2v) is 11.5. The number of benzene rings is 2.